The van der Waals surface area contributed by atoms with Gasteiger partial charge in [0.15, 0.2) is 0 Å². The van der Waals surface area contributed by atoms with E-state index in [4.69, 9.17) is 9.47 Å². The summed E-state index contributed by atoms with van der Waals surface area (Å²) in [5, 5.41) is 9.03. The molecule has 1 spiro atoms. The van der Waals surface area contributed by atoms with Crippen molar-refractivity contribution >= 4 is 51.2 Å². The molecule has 3 aliphatic rings. The molecular weight excluding hydrogens is 608 g/mol. The van der Waals surface area contributed by atoms with Crippen LogP contribution in [-0.4, -0.2) is 82.1 Å². The molecule has 3 unspecified atom stereocenters. The summed E-state index contributed by atoms with van der Waals surface area (Å²) in [4.78, 5) is 45.7. The van der Waals surface area contributed by atoms with E-state index in [1.165, 1.54) is 0 Å². The van der Waals surface area contributed by atoms with E-state index >= 15 is 0 Å². The summed E-state index contributed by atoms with van der Waals surface area (Å²) >= 11 is 5.42. The van der Waals surface area contributed by atoms with Gasteiger partial charge in [-0.2, -0.15) is 0 Å². The van der Waals surface area contributed by atoms with E-state index < -0.39 is 22.6 Å². The van der Waals surface area contributed by atoms with Gasteiger partial charge in [0, 0.05) is 35.5 Å². The van der Waals surface area contributed by atoms with E-state index in [9.17, 15) is 19.5 Å². The van der Waals surface area contributed by atoms with Crippen LogP contribution in [0.4, 0.5) is 5.69 Å². The van der Waals surface area contributed by atoms with Crippen molar-refractivity contribution in [3.05, 3.63) is 49.6 Å². The maximum absolute atomic E-state index is 14.6. The fourth-order valence-electron chi connectivity index (χ4n) is 6.52. The van der Waals surface area contributed by atoms with E-state index in [0.29, 0.717) is 43.7 Å². The van der Waals surface area contributed by atoms with Crippen molar-refractivity contribution in [1.82, 2.24) is 4.90 Å². The number of hydrogen-bond acceptors (Lipinski definition) is 7. The topological polar surface area (TPSA) is 96.4 Å². The van der Waals surface area contributed by atoms with Gasteiger partial charge in [-0.1, -0.05) is 40.9 Å². The van der Waals surface area contributed by atoms with Gasteiger partial charge in [0.05, 0.1) is 30.3 Å². The standard InChI is InChI=1S/C31H41BrN2O6S/c1-4-6-11-19-40-30(38)24-25-28(36)34(17-9-7-8-10-18-35)27(31(25)20-23(32)26(24)41-31)29(37)33(16-5-2)21-12-14-22(39-3)15-13-21/h4-5,12-15,23-27,35H,1-2,6-11,16-20H2,3H3/t23?,24-,25-,26-,27?,31?/m0/s1. The summed E-state index contributed by atoms with van der Waals surface area (Å²) in [6.45, 7) is 8.71. The van der Waals surface area contributed by atoms with Crippen LogP contribution < -0.4 is 9.64 Å². The molecule has 8 nitrogen and oxygen atoms in total. The van der Waals surface area contributed by atoms with E-state index in [1.807, 2.05) is 12.1 Å². The lowest BCUT2D eigenvalue weighted by atomic mass is 9.71. The number of nitrogens with zero attached hydrogens (tertiary/aromatic N) is 2. The number of carbonyl (C=O) groups is 3. The zero-order valence-corrected chi connectivity index (χ0v) is 26.1. The highest BCUT2D eigenvalue weighted by Crippen LogP contribution is 2.68. The van der Waals surface area contributed by atoms with E-state index in [0.717, 1.165) is 19.3 Å². The molecule has 41 heavy (non-hydrogen) atoms. The van der Waals surface area contributed by atoms with Gasteiger partial charge in [-0.25, -0.2) is 0 Å². The molecular formula is C31H41BrN2O6S. The molecule has 6 atom stereocenters. The summed E-state index contributed by atoms with van der Waals surface area (Å²) in [6.07, 6.45) is 8.61. The van der Waals surface area contributed by atoms with E-state index in [-0.39, 0.29) is 47.6 Å². The second-order valence-corrected chi connectivity index (χ2v) is 13.6. The highest BCUT2D eigenvalue weighted by atomic mass is 79.9. The number of thioether (sulfide) groups is 1. The Balaban J connectivity index is 1.68. The highest BCUT2D eigenvalue weighted by Gasteiger charge is 2.76. The van der Waals surface area contributed by atoms with Crippen molar-refractivity contribution in [2.45, 2.75) is 65.8 Å². The average Bonchev–Trinajstić information content (AvgIpc) is 3.57. The second kappa shape index (κ2) is 14.2. The number of allylic oxidation sites excluding steroid dienone is 1. The third-order valence-electron chi connectivity index (χ3n) is 8.36. The number of aliphatic hydroxyl groups excluding tert-OH is 1. The highest BCUT2D eigenvalue weighted by molar-refractivity contribution is 9.09. The van der Waals surface area contributed by atoms with Crippen molar-refractivity contribution in [3.8, 4) is 5.75 Å². The van der Waals surface area contributed by atoms with Gasteiger partial charge >= 0.3 is 5.97 Å². The number of likely N-dealkylation sites (tertiary alicyclic amines) is 1. The number of carbonyl (C=O) groups excluding carboxylic acids is 3. The van der Waals surface area contributed by atoms with Crippen molar-refractivity contribution in [3.63, 3.8) is 0 Å². The molecule has 3 fully saturated rings. The Morgan fingerprint density at radius 2 is 1.90 bits per heavy atom. The van der Waals surface area contributed by atoms with Crippen LogP contribution in [0.3, 0.4) is 0 Å². The minimum absolute atomic E-state index is 0.0177. The third kappa shape index (κ3) is 6.25. The quantitative estimate of drug-likeness (QED) is 0.120. The van der Waals surface area contributed by atoms with Crippen LogP contribution in [0.25, 0.3) is 0 Å². The Morgan fingerprint density at radius 3 is 2.56 bits per heavy atom. The van der Waals surface area contributed by atoms with E-state index in [2.05, 4.69) is 29.1 Å². The number of benzene rings is 1. The molecule has 1 aromatic carbocycles. The first-order valence-corrected chi connectivity index (χ1v) is 16.2. The molecule has 3 aliphatic heterocycles. The number of esters is 1. The molecule has 1 aromatic rings. The molecule has 4 rings (SSSR count). The first-order valence-electron chi connectivity index (χ1n) is 14.4. The summed E-state index contributed by atoms with van der Waals surface area (Å²) in [7, 11) is 1.59. The molecule has 0 aliphatic carbocycles. The van der Waals surface area contributed by atoms with Gasteiger partial charge in [-0.05, 0) is 56.4 Å². The zero-order valence-electron chi connectivity index (χ0n) is 23.7. The predicted molar refractivity (Wildman–Crippen MR) is 165 cm³/mol. The van der Waals surface area contributed by atoms with Crippen LogP contribution in [0.15, 0.2) is 49.6 Å². The normalized spacial score (nSPS) is 27.9. The number of unbranched alkanes of at least 4 members (excludes halogenated alkanes) is 4. The Labute approximate surface area is 255 Å². The fourth-order valence-corrected chi connectivity index (χ4v) is 10.1. The van der Waals surface area contributed by atoms with Crippen molar-refractivity contribution < 1.29 is 29.0 Å². The number of halogens is 1. The maximum Gasteiger partial charge on any atom is 0.310 e. The molecule has 3 saturated heterocycles. The summed E-state index contributed by atoms with van der Waals surface area (Å²) in [6, 6.07) is 6.55. The Bertz CT molecular complexity index is 1120. The van der Waals surface area contributed by atoms with Crippen molar-refractivity contribution in [2.75, 3.05) is 38.3 Å². The average molecular weight is 650 g/mol. The van der Waals surface area contributed by atoms with Crippen LogP contribution in [-0.2, 0) is 19.1 Å². The zero-order chi connectivity index (χ0) is 29.6. The summed E-state index contributed by atoms with van der Waals surface area (Å²) in [5.74, 6) is -1.22. The molecule has 2 amide bonds. The first-order chi connectivity index (χ1) is 19.8. The summed E-state index contributed by atoms with van der Waals surface area (Å²) in [5.41, 5.74) is 0.692. The Morgan fingerprint density at radius 1 is 1.17 bits per heavy atom. The minimum Gasteiger partial charge on any atom is -0.497 e. The van der Waals surface area contributed by atoms with Gasteiger partial charge in [-0.3, -0.25) is 14.4 Å². The van der Waals surface area contributed by atoms with E-state index in [1.54, 1.807) is 53.0 Å². The molecule has 3 heterocycles. The molecule has 0 saturated carbocycles. The van der Waals surface area contributed by atoms with Crippen LogP contribution in [0.5, 0.6) is 5.75 Å². The summed E-state index contributed by atoms with van der Waals surface area (Å²) < 4.78 is 10.2. The lowest BCUT2D eigenvalue weighted by Gasteiger charge is -2.37. The van der Waals surface area contributed by atoms with Crippen molar-refractivity contribution in [2.24, 2.45) is 11.8 Å². The van der Waals surface area contributed by atoms with Crippen LogP contribution in [0.1, 0.15) is 44.9 Å². The number of fused-ring (bicyclic) bond motifs is 1. The predicted octanol–water partition coefficient (Wildman–Crippen LogP) is 4.74. The number of methoxy groups -OCH3 is 1. The number of ether oxygens (including phenoxy) is 2. The number of rotatable bonds is 16. The number of anilines is 1. The third-order valence-corrected chi connectivity index (χ3v) is 11.6. The Kier molecular flexibility index (Phi) is 11.0. The van der Waals surface area contributed by atoms with Crippen molar-refractivity contribution in [1.29, 1.82) is 0 Å². The molecule has 1 N–H and O–H groups in total. The molecule has 0 radical (unpaired) electrons. The van der Waals surface area contributed by atoms with Crippen LogP contribution in [0.2, 0.25) is 0 Å². The lowest BCUT2D eigenvalue weighted by Crippen LogP contribution is -2.55. The fraction of sp³-hybridized carbons (Fsp3) is 0.581. The van der Waals surface area contributed by atoms with Crippen LogP contribution >= 0.6 is 27.7 Å². The Hall–Kier alpha value is -2.30. The van der Waals surface area contributed by atoms with Gasteiger partial charge in [-0.15, -0.1) is 24.9 Å². The maximum atomic E-state index is 14.6. The second-order valence-electron chi connectivity index (χ2n) is 10.9. The number of hydrogen-bond donors (Lipinski definition) is 1. The van der Waals surface area contributed by atoms with Gasteiger partial charge < -0.3 is 24.4 Å². The van der Waals surface area contributed by atoms with Gasteiger partial charge in [0.25, 0.3) is 5.91 Å². The monoisotopic (exact) mass is 648 g/mol. The van der Waals surface area contributed by atoms with Crippen LogP contribution in [0, 0.1) is 11.8 Å². The largest absolute Gasteiger partial charge is 0.497 e. The number of aliphatic hydroxyl groups is 1. The molecule has 224 valence electrons. The van der Waals surface area contributed by atoms with Gasteiger partial charge in [0.1, 0.15) is 11.8 Å². The minimum atomic E-state index is -0.741. The lowest BCUT2D eigenvalue weighted by molar-refractivity contribution is -0.154. The first kappa shape index (κ1) is 31.6. The number of alkyl halides is 1. The molecule has 0 aromatic heterocycles. The SMILES string of the molecule is C=CCCCOC(=O)[C@H]1[C@H]2C(=O)N(CCCCCCO)C(C(=O)N(CC=C)c3ccc(OC)cc3)C23CC(Br)[C@@H]1S3. The molecule has 2 bridgehead atoms. The smallest absolute Gasteiger partial charge is 0.310 e. The number of amides is 2. The molecule has 10 heteroatoms. The van der Waals surface area contributed by atoms with Gasteiger partial charge in [0.2, 0.25) is 5.91 Å².